The van der Waals surface area contributed by atoms with E-state index in [1.807, 2.05) is 14.1 Å². The number of ether oxygens (including phenoxy) is 5. The number of hydrogen-bond donors (Lipinski definition) is 0. The van der Waals surface area contributed by atoms with Crippen LogP contribution in [-0.2, 0) is 18.9 Å². The van der Waals surface area contributed by atoms with Gasteiger partial charge in [0.15, 0.2) is 0 Å². The van der Waals surface area contributed by atoms with Crippen LogP contribution in [0.4, 0.5) is 5.69 Å². The van der Waals surface area contributed by atoms with Gasteiger partial charge in [-0.05, 0) is 42.7 Å². The molecule has 0 atom stereocenters. The van der Waals surface area contributed by atoms with Crippen LogP contribution < -0.4 is 9.64 Å². The third-order valence-corrected chi connectivity index (χ3v) is 4.78. The molecule has 172 valence electrons. The van der Waals surface area contributed by atoms with Crippen LogP contribution in [0.1, 0.15) is 11.1 Å². The summed E-state index contributed by atoms with van der Waals surface area (Å²) < 4.78 is 27.3. The highest BCUT2D eigenvalue weighted by Gasteiger charge is 2.08. The van der Waals surface area contributed by atoms with Gasteiger partial charge in [0.1, 0.15) is 12.4 Å². The minimum absolute atomic E-state index is 0.489. The molecule has 0 saturated carbocycles. The Morgan fingerprint density at radius 1 is 0.710 bits per heavy atom. The van der Waals surface area contributed by atoms with Gasteiger partial charge in [0.25, 0.3) is 0 Å². The van der Waals surface area contributed by atoms with Crippen molar-refractivity contribution in [2.24, 2.45) is 0 Å². The van der Waals surface area contributed by atoms with Gasteiger partial charge in [0, 0.05) is 33.0 Å². The standard InChI is InChI=1S/C25H37NO5/c1-20-6-7-21(2)25(16-20)22-17-23(26(3)4)19-24(18-22)31-15-14-30-13-12-29-11-10-28-9-8-27-5/h6-7,16-19H,8-15H2,1-5H3. The largest absolute Gasteiger partial charge is 0.491 e. The van der Waals surface area contributed by atoms with Crippen LogP contribution in [0.25, 0.3) is 11.1 Å². The van der Waals surface area contributed by atoms with Gasteiger partial charge in [0.2, 0.25) is 0 Å². The molecule has 0 aliphatic heterocycles. The molecule has 0 N–H and O–H groups in total. The number of hydrogen-bond acceptors (Lipinski definition) is 6. The number of rotatable bonds is 15. The summed E-state index contributed by atoms with van der Waals surface area (Å²) >= 11 is 0. The Hall–Kier alpha value is -2.12. The molecule has 2 aromatic rings. The summed E-state index contributed by atoms with van der Waals surface area (Å²) in [6.45, 7) is 8.65. The predicted octanol–water partition coefficient (Wildman–Crippen LogP) is 4.11. The van der Waals surface area contributed by atoms with E-state index >= 15 is 0 Å². The van der Waals surface area contributed by atoms with Gasteiger partial charge in [-0.1, -0.05) is 23.8 Å². The monoisotopic (exact) mass is 431 g/mol. The summed E-state index contributed by atoms with van der Waals surface area (Å²) in [7, 11) is 5.74. The van der Waals surface area contributed by atoms with Gasteiger partial charge < -0.3 is 28.6 Å². The van der Waals surface area contributed by atoms with E-state index in [0.717, 1.165) is 17.0 Å². The number of nitrogens with zero attached hydrogens (tertiary/aromatic N) is 1. The summed E-state index contributed by atoms with van der Waals surface area (Å²) in [6.07, 6.45) is 0. The Labute approximate surface area is 187 Å². The van der Waals surface area contributed by atoms with Crippen molar-refractivity contribution in [2.45, 2.75) is 13.8 Å². The molecule has 31 heavy (non-hydrogen) atoms. The lowest BCUT2D eigenvalue weighted by Gasteiger charge is -2.18. The molecule has 0 fully saturated rings. The van der Waals surface area contributed by atoms with Crippen LogP contribution in [-0.4, -0.2) is 74.1 Å². The SMILES string of the molecule is COCCOCCOCCOCCOc1cc(-c2cc(C)ccc2C)cc(N(C)C)c1. The van der Waals surface area contributed by atoms with Gasteiger partial charge >= 0.3 is 0 Å². The average molecular weight is 432 g/mol. The maximum atomic E-state index is 5.99. The van der Waals surface area contributed by atoms with Gasteiger partial charge in [0.05, 0.1) is 46.2 Å². The lowest BCUT2D eigenvalue weighted by Crippen LogP contribution is -2.14. The normalized spacial score (nSPS) is 11.0. The zero-order valence-corrected chi connectivity index (χ0v) is 19.6. The Kier molecular flexibility index (Phi) is 11.4. The molecular formula is C25H37NO5. The molecule has 0 amide bonds. The van der Waals surface area contributed by atoms with Crippen LogP contribution in [0.3, 0.4) is 0 Å². The smallest absolute Gasteiger partial charge is 0.122 e. The van der Waals surface area contributed by atoms with Crippen molar-refractivity contribution in [3.8, 4) is 16.9 Å². The number of aryl methyl sites for hydroxylation is 2. The highest BCUT2D eigenvalue weighted by Crippen LogP contribution is 2.32. The van der Waals surface area contributed by atoms with E-state index in [1.54, 1.807) is 7.11 Å². The molecule has 0 radical (unpaired) electrons. The summed E-state index contributed by atoms with van der Waals surface area (Å²) in [5.74, 6) is 0.843. The van der Waals surface area contributed by atoms with Crippen molar-refractivity contribution in [3.63, 3.8) is 0 Å². The Morgan fingerprint density at radius 2 is 1.32 bits per heavy atom. The zero-order chi connectivity index (χ0) is 22.5. The first kappa shape index (κ1) is 25.1. The maximum Gasteiger partial charge on any atom is 0.122 e. The first-order valence-corrected chi connectivity index (χ1v) is 10.8. The lowest BCUT2D eigenvalue weighted by molar-refractivity contribution is 0.000167. The molecule has 6 nitrogen and oxygen atoms in total. The van der Waals surface area contributed by atoms with Crippen molar-refractivity contribution in [3.05, 3.63) is 47.5 Å². The minimum Gasteiger partial charge on any atom is -0.491 e. The summed E-state index contributed by atoms with van der Waals surface area (Å²) in [5.41, 5.74) is 5.99. The second-order valence-electron chi connectivity index (χ2n) is 7.61. The average Bonchev–Trinajstić information content (AvgIpc) is 2.76. The number of methoxy groups -OCH3 is 1. The molecule has 0 aliphatic rings. The Balaban J connectivity index is 1.78. The summed E-state index contributed by atoms with van der Waals surface area (Å²) in [6, 6.07) is 12.9. The van der Waals surface area contributed by atoms with Crippen molar-refractivity contribution in [1.82, 2.24) is 0 Å². The van der Waals surface area contributed by atoms with Crippen LogP contribution >= 0.6 is 0 Å². The molecule has 6 heteroatoms. The fourth-order valence-electron chi connectivity index (χ4n) is 3.03. The van der Waals surface area contributed by atoms with E-state index in [1.165, 1.54) is 16.7 Å². The highest BCUT2D eigenvalue weighted by atomic mass is 16.6. The fourth-order valence-corrected chi connectivity index (χ4v) is 3.03. The molecular weight excluding hydrogens is 394 g/mol. The second kappa shape index (κ2) is 14.0. The lowest BCUT2D eigenvalue weighted by atomic mass is 9.97. The van der Waals surface area contributed by atoms with Crippen molar-refractivity contribution >= 4 is 5.69 Å². The van der Waals surface area contributed by atoms with E-state index in [2.05, 4.69) is 55.1 Å². The minimum atomic E-state index is 0.489. The summed E-state index contributed by atoms with van der Waals surface area (Å²) in [4.78, 5) is 2.09. The van der Waals surface area contributed by atoms with E-state index in [4.69, 9.17) is 23.7 Å². The molecule has 2 rings (SSSR count). The second-order valence-corrected chi connectivity index (χ2v) is 7.61. The van der Waals surface area contributed by atoms with E-state index < -0.39 is 0 Å². The molecule has 0 heterocycles. The summed E-state index contributed by atoms with van der Waals surface area (Å²) in [5, 5.41) is 0. The third-order valence-electron chi connectivity index (χ3n) is 4.78. The molecule has 2 aromatic carbocycles. The molecule has 0 aliphatic carbocycles. The van der Waals surface area contributed by atoms with Crippen molar-refractivity contribution in [1.29, 1.82) is 0 Å². The molecule has 0 aromatic heterocycles. The molecule has 0 saturated heterocycles. The first-order valence-electron chi connectivity index (χ1n) is 10.8. The Bertz CT molecular complexity index is 779. The van der Waals surface area contributed by atoms with Crippen molar-refractivity contribution in [2.75, 3.05) is 79.0 Å². The van der Waals surface area contributed by atoms with Gasteiger partial charge in [-0.15, -0.1) is 0 Å². The van der Waals surface area contributed by atoms with E-state index in [0.29, 0.717) is 52.9 Å². The fraction of sp³-hybridized carbons (Fsp3) is 0.520. The van der Waals surface area contributed by atoms with Gasteiger partial charge in [-0.2, -0.15) is 0 Å². The van der Waals surface area contributed by atoms with Gasteiger partial charge in [-0.25, -0.2) is 0 Å². The third kappa shape index (κ3) is 9.27. The highest BCUT2D eigenvalue weighted by molar-refractivity contribution is 5.73. The molecule has 0 unspecified atom stereocenters. The Morgan fingerprint density at radius 3 is 1.94 bits per heavy atom. The van der Waals surface area contributed by atoms with E-state index in [9.17, 15) is 0 Å². The number of benzene rings is 2. The van der Waals surface area contributed by atoms with Crippen LogP contribution in [0.5, 0.6) is 5.75 Å². The first-order chi connectivity index (χ1) is 15.0. The molecule has 0 bridgehead atoms. The predicted molar refractivity (Wildman–Crippen MR) is 126 cm³/mol. The maximum absolute atomic E-state index is 5.99. The van der Waals surface area contributed by atoms with Crippen LogP contribution in [0, 0.1) is 13.8 Å². The van der Waals surface area contributed by atoms with Gasteiger partial charge in [-0.3, -0.25) is 0 Å². The topological polar surface area (TPSA) is 49.4 Å². The van der Waals surface area contributed by atoms with E-state index in [-0.39, 0.29) is 0 Å². The molecule has 0 spiro atoms. The van der Waals surface area contributed by atoms with Crippen LogP contribution in [0.2, 0.25) is 0 Å². The quantitative estimate of drug-likeness (QED) is 0.396. The zero-order valence-electron chi connectivity index (χ0n) is 19.6. The number of anilines is 1. The van der Waals surface area contributed by atoms with Crippen molar-refractivity contribution < 1.29 is 23.7 Å². The van der Waals surface area contributed by atoms with Crippen LogP contribution in [0.15, 0.2) is 36.4 Å².